The fraction of sp³-hybridized carbons (Fsp3) is 0.190. The highest BCUT2D eigenvalue weighted by molar-refractivity contribution is 5.95. The van der Waals surface area contributed by atoms with E-state index in [1.807, 2.05) is 61.7 Å². The molecule has 1 aromatic heterocycles. The summed E-state index contributed by atoms with van der Waals surface area (Å²) in [6, 6.07) is 15.1. The molecule has 3 rings (SSSR count). The van der Waals surface area contributed by atoms with Crippen molar-refractivity contribution >= 4 is 5.78 Å². The highest BCUT2D eigenvalue weighted by Crippen LogP contribution is 2.31. The van der Waals surface area contributed by atoms with Gasteiger partial charge in [-0.1, -0.05) is 29.8 Å². The smallest absolute Gasteiger partial charge is 0.287 e. The number of carbonyl (C=O) groups is 1. The molecular formula is C21H21BrN2O3. The minimum atomic E-state index is 0. The van der Waals surface area contributed by atoms with Gasteiger partial charge < -0.3 is 26.5 Å². The Kier molecular flexibility index (Phi) is 7.07. The number of hydrogen-bond donors (Lipinski definition) is 0. The number of methoxy groups -OCH3 is 2. The van der Waals surface area contributed by atoms with Crippen molar-refractivity contribution < 1.29 is 35.8 Å². The minimum absolute atomic E-state index is 0. The number of benzene rings is 2. The van der Waals surface area contributed by atoms with E-state index in [0.717, 1.165) is 16.8 Å². The van der Waals surface area contributed by atoms with Gasteiger partial charge in [0.1, 0.15) is 0 Å². The minimum Gasteiger partial charge on any atom is -1.00 e. The lowest BCUT2D eigenvalue weighted by atomic mass is 10.1. The molecule has 0 saturated heterocycles. The Morgan fingerprint density at radius 3 is 2.30 bits per heavy atom. The maximum absolute atomic E-state index is 12.4. The lowest BCUT2D eigenvalue weighted by Crippen LogP contribution is -3.00. The molecule has 0 spiro atoms. The van der Waals surface area contributed by atoms with Crippen LogP contribution in [-0.2, 0) is 6.54 Å². The quantitative estimate of drug-likeness (QED) is 0.417. The largest absolute Gasteiger partial charge is 1.00 e. The summed E-state index contributed by atoms with van der Waals surface area (Å²) in [5, 5.41) is 0. The molecular weight excluding hydrogens is 408 g/mol. The number of carbonyl (C=O) groups excluding carboxylic acids is 1. The maximum Gasteiger partial charge on any atom is 0.287 e. The lowest BCUT2D eigenvalue weighted by molar-refractivity contribution is -0.686. The lowest BCUT2D eigenvalue weighted by Gasteiger charge is -2.08. The summed E-state index contributed by atoms with van der Waals surface area (Å²) in [6.07, 6.45) is 3.52. The maximum atomic E-state index is 12.4. The summed E-state index contributed by atoms with van der Waals surface area (Å²) in [4.78, 5) is 16.8. The molecule has 0 N–H and O–H groups in total. The average molecular weight is 429 g/mol. The predicted octanol–water partition coefficient (Wildman–Crippen LogP) is 0.249. The van der Waals surface area contributed by atoms with Crippen molar-refractivity contribution in [2.75, 3.05) is 14.2 Å². The monoisotopic (exact) mass is 428 g/mol. The Bertz CT molecular complexity index is 910. The molecule has 0 amide bonds. The van der Waals surface area contributed by atoms with Gasteiger partial charge in [0.05, 0.1) is 20.4 Å². The highest BCUT2D eigenvalue weighted by atomic mass is 79.9. The van der Waals surface area contributed by atoms with E-state index >= 15 is 0 Å². The number of rotatable bonds is 6. The molecule has 5 nitrogen and oxygen atoms in total. The van der Waals surface area contributed by atoms with Crippen LogP contribution >= 0.6 is 0 Å². The van der Waals surface area contributed by atoms with Crippen LogP contribution in [-0.4, -0.2) is 25.0 Å². The number of ether oxygens (including phenoxy) is 2. The van der Waals surface area contributed by atoms with Crippen LogP contribution < -0.4 is 31.0 Å². The van der Waals surface area contributed by atoms with E-state index in [1.165, 1.54) is 0 Å². The molecule has 6 heteroatoms. The molecule has 0 aliphatic rings. The molecule has 0 unspecified atom stereocenters. The van der Waals surface area contributed by atoms with Gasteiger partial charge in [-0.25, -0.2) is 4.57 Å². The van der Waals surface area contributed by atoms with Crippen LogP contribution in [0.25, 0.3) is 11.3 Å². The van der Waals surface area contributed by atoms with E-state index in [9.17, 15) is 4.79 Å². The molecule has 0 fully saturated rings. The summed E-state index contributed by atoms with van der Waals surface area (Å²) in [5.74, 6) is 1.37. The molecule has 0 aliphatic carbocycles. The van der Waals surface area contributed by atoms with Crippen LogP contribution in [0.4, 0.5) is 0 Å². The first kappa shape index (κ1) is 20.6. The Balaban J connectivity index is 0.00000261. The van der Waals surface area contributed by atoms with E-state index < -0.39 is 0 Å². The summed E-state index contributed by atoms with van der Waals surface area (Å²) < 4.78 is 12.4. The molecule has 0 aliphatic heterocycles. The fourth-order valence-corrected chi connectivity index (χ4v) is 2.64. The topological polar surface area (TPSA) is 52.3 Å². The van der Waals surface area contributed by atoms with Crippen molar-refractivity contribution in [3.05, 3.63) is 72.2 Å². The van der Waals surface area contributed by atoms with Crippen LogP contribution in [0.3, 0.4) is 0 Å². The Hall–Kier alpha value is -2.73. The van der Waals surface area contributed by atoms with Crippen molar-refractivity contribution in [3.63, 3.8) is 0 Å². The Morgan fingerprint density at radius 2 is 1.70 bits per heavy atom. The zero-order valence-corrected chi connectivity index (χ0v) is 17.1. The second-order valence-corrected chi connectivity index (χ2v) is 5.98. The molecule has 0 atom stereocenters. The average Bonchev–Trinajstić information content (AvgIpc) is 2.68. The fourth-order valence-electron chi connectivity index (χ4n) is 2.64. The number of Topliss-reactive ketones (excluding diaryl/α,β-unsaturated/α-hetero) is 1. The number of nitrogens with zero attached hydrogens (tertiary/aromatic N) is 2. The molecule has 140 valence electrons. The third-order valence-corrected chi connectivity index (χ3v) is 4.15. The molecule has 2 aromatic carbocycles. The van der Waals surface area contributed by atoms with Gasteiger partial charge in [0.15, 0.2) is 23.7 Å². The van der Waals surface area contributed by atoms with Gasteiger partial charge >= 0.3 is 0 Å². The summed E-state index contributed by atoms with van der Waals surface area (Å²) in [6.45, 7) is 2.25. The van der Waals surface area contributed by atoms with Crippen molar-refractivity contribution in [3.8, 4) is 22.8 Å². The van der Waals surface area contributed by atoms with Crippen molar-refractivity contribution in [1.82, 2.24) is 4.98 Å². The standard InChI is InChI=1S/C21H21N2O3.BrH/c1-15-4-6-16(7-5-15)19(24)13-23-11-10-18(22-14-23)17-8-9-20(25-2)21(12-17)26-3;/h4-12,14H,13H2,1-3H3;1H/q+1;/p-1. The Labute approximate surface area is 169 Å². The van der Waals surface area contributed by atoms with E-state index in [0.29, 0.717) is 17.1 Å². The van der Waals surface area contributed by atoms with E-state index in [4.69, 9.17) is 9.47 Å². The van der Waals surface area contributed by atoms with Crippen LogP contribution in [0.5, 0.6) is 11.5 Å². The van der Waals surface area contributed by atoms with E-state index in [-0.39, 0.29) is 29.3 Å². The number of hydrogen-bond acceptors (Lipinski definition) is 4. The first-order valence-electron chi connectivity index (χ1n) is 8.28. The van der Waals surface area contributed by atoms with Gasteiger partial charge in [-0.05, 0) is 30.1 Å². The van der Waals surface area contributed by atoms with Crippen molar-refractivity contribution in [2.24, 2.45) is 0 Å². The van der Waals surface area contributed by atoms with Crippen LogP contribution in [0.2, 0.25) is 0 Å². The highest BCUT2D eigenvalue weighted by Gasteiger charge is 2.13. The molecule has 3 aromatic rings. The van der Waals surface area contributed by atoms with Gasteiger partial charge in [0.25, 0.3) is 6.33 Å². The molecule has 0 saturated carbocycles. The molecule has 0 bridgehead atoms. The number of ketones is 1. The summed E-state index contributed by atoms with van der Waals surface area (Å²) >= 11 is 0. The number of aryl methyl sites for hydroxylation is 1. The van der Waals surface area contributed by atoms with Crippen LogP contribution in [0, 0.1) is 6.92 Å². The SMILES string of the molecule is COc1ccc(-c2cc[n+](CC(=O)c3ccc(C)cc3)cn2)cc1OC.[Br-]. The second kappa shape index (κ2) is 9.28. The predicted molar refractivity (Wildman–Crippen MR) is 98.5 cm³/mol. The van der Waals surface area contributed by atoms with Crippen LogP contribution in [0.1, 0.15) is 15.9 Å². The van der Waals surface area contributed by atoms with Gasteiger partial charge in [-0.2, -0.15) is 0 Å². The van der Waals surface area contributed by atoms with Crippen molar-refractivity contribution in [2.45, 2.75) is 13.5 Å². The van der Waals surface area contributed by atoms with E-state index in [1.54, 1.807) is 25.1 Å². The Morgan fingerprint density at radius 1 is 1.00 bits per heavy atom. The van der Waals surface area contributed by atoms with E-state index in [2.05, 4.69) is 4.98 Å². The number of halogens is 1. The third-order valence-electron chi connectivity index (χ3n) is 4.15. The zero-order chi connectivity index (χ0) is 18.5. The van der Waals surface area contributed by atoms with Gasteiger partial charge in [0.2, 0.25) is 5.78 Å². The summed E-state index contributed by atoms with van der Waals surface area (Å²) in [7, 11) is 3.21. The second-order valence-electron chi connectivity index (χ2n) is 5.98. The van der Waals surface area contributed by atoms with Gasteiger partial charge in [-0.15, -0.1) is 0 Å². The third kappa shape index (κ3) is 4.92. The number of aromatic nitrogens is 2. The summed E-state index contributed by atoms with van der Waals surface area (Å²) in [5.41, 5.74) is 3.55. The first-order valence-corrected chi connectivity index (χ1v) is 8.28. The normalized spacial score (nSPS) is 10.0. The molecule has 0 radical (unpaired) electrons. The first-order chi connectivity index (χ1) is 12.6. The molecule has 27 heavy (non-hydrogen) atoms. The molecule has 1 heterocycles. The van der Waals surface area contributed by atoms with Gasteiger partial charge in [-0.3, -0.25) is 4.79 Å². The zero-order valence-electron chi connectivity index (χ0n) is 15.5. The van der Waals surface area contributed by atoms with Crippen LogP contribution in [0.15, 0.2) is 61.1 Å². The van der Waals surface area contributed by atoms with Gasteiger partial charge in [0, 0.05) is 17.2 Å². The van der Waals surface area contributed by atoms with Crippen molar-refractivity contribution in [1.29, 1.82) is 0 Å².